The van der Waals surface area contributed by atoms with Gasteiger partial charge in [0.25, 0.3) is 5.91 Å². The Morgan fingerprint density at radius 2 is 1.40 bits per heavy atom. The third-order valence-electron chi connectivity index (χ3n) is 4.56. The fraction of sp³-hybridized carbons (Fsp3) is 0.0952. The van der Waals surface area contributed by atoms with Crippen LogP contribution in [0.5, 0.6) is 11.5 Å². The first kappa shape index (κ1) is 15.3. The summed E-state index contributed by atoms with van der Waals surface area (Å²) in [5, 5.41) is 20.4. The predicted molar refractivity (Wildman–Crippen MR) is 95.2 cm³/mol. The number of carbonyl (C=O) groups is 1. The summed E-state index contributed by atoms with van der Waals surface area (Å²) in [6.07, 6.45) is 0. The SMILES string of the molecule is O=C(c1cc(-c2ccccc2)c(O)cc1O)N1Cc2ccccc2C1. The predicted octanol–water partition coefficient (Wildman–Crippen LogP) is 3.92. The maximum atomic E-state index is 12.9. The lowest BCUT2D eigenvalue weighted by atomic mass is 10.0. The van der Waals surface area contributed by atoms with E-state index in [-0.39, 0.29) is 23.0 Å². The quantitative estimate of drug-likeness (QED) is 0.748. The number of hydrogen-bond donors (Lipinski definition) is 2. The van der Waals surface area contributed by atoms with Gasteiger partial charge in [0.05, 0.1) is 5.56 Å². The summed E-state index contributed by atoms with van der Waals surface area (Å²) in [5.41, 5.74) is 3.76. The molecule has 3 aromatic rings. The molecule has 1 heterocycles. The van der Waals surface area contributed by atoms with Crippen molar-refractivity contribution in [3.05, 3.63) is 83.4 Å². The molecule has 2 N–H and O–H groups in total. The fourth-order valence-electron chi connectivity index (χ4n) is 3.24. The zero-order chi connectivity index (χ0) is 17.4. The minimum absolute atomic E-state index is 0.0510. The molecule has 0 bridgehead atoms. The van der Waals surface area contributed by atoms with E-state index in [2.05, 4.69) is 0 Å². The van der Waals surface area contributed by atoms with Gasteiger partial charge in [0.15, 0.2) is 0 Å². The van der Waals surface area contributed by atoms with Crippen LogP contribution in [0.4, 0.5) is 0 Å². The molecule has 124 valence electrons. The van der Waals surface area contributed by atoms with E-state index in [1.165, 1.54) is 6.07 Å². The number of fused-ring (bicyclic) bond motifs is 1. The van der Waals surface area contributed by atoms with Crippen LogP contribution in [0.25, 0.3) is 11.1 Å². The number of nitrogens with zero attached hydrogens (tertiary/aromatic N) is 1. The van der Waals surface area contributed by atoms with Crippen LogP contribution in [0.1, 0.15) is 21.5 Å². The van der Waals surface area contributed by atoms with Gasteiger partial charge >= 0.3 is 0 Å². The summed E-state index contributed by atoms with van der Waals surface area (Å²) in [7, 11) is 0. The minimum Gasteiger partial charge on any atom is -0.507 e. The molecule has 0 saturated carbocycles. The number of hydrogen-bond acceptors (Lipinski definition) is 3. The fourth-order valence-corrected chi connectivity index (χ4v) is 3.24. The molecule has 4 nitrogen and oxygen atoms in total. The summed E-state index contributed by atoms with van der Waals surface area (Å²) >= 11 is 0. The number of phenolic OH excluding ortho intramolecular Hbond substituents is 2. The second-order valence-corrected chi connectivity index (χ2v) is 6.18. The zero-order valence-corrected chi connectivity index (χ0v) is 13.5. The molecule has 0 spiro atoms. The van der Waals surface area contributed by atoms with Crippen molar-refractivity contribution in [3.63, 3.8) is 0 Å². The highest BCUT2D eigenvalue weighted by Crippen LogP contribution is 2.36. The lowest BCUT2D eigenvalue weighted by molar-refractivity contribution is 0.0748. The monoisotopic (exact) mass is 331 g/mol. The van der Waals surface area contributed by atoms with Crippen molar-refractivity contribution < 1.29 is 15.0 Å². The Hall–Kier alpha value is -3.27. The van der Waals surface area contributed by atoms with Crippen LogP contribution < -0.4 is 0 Å². The highest BCUT2D eigenvalue weighted by atomic mass is 16.3. The first-order chi connectivity index (χ1) is 12.1. The summed E-state index contributed by atoms with van der Waals surface area (Å²) in [6, 6.07) is 20.0. The molecule has 25 heavy (non-hydrogen) atoms. The number of carbonyl (C=O) groups excluding carboxylic acids is 1. The van der Waals surface area contributed by atoms with Gasteiger partial charge in [0.1, 0.15) is 11.5 Å². The number of phenols is 2. The van der Waals surface area contributed by atoms with Crippen LogP contribution in [-0.2, 0) is 13.1 Å². The molecular weight excluding hydrogens is 314 g/mol. The molecule has 0 fully saturated rings. The molecule has 1 aliphatic heterocycles. The Kier molecular flexibility index (Phi) is 3.65. The van der Waals surface area contributed by atoms with Crippen LogP contribution >= 0.6 is 0 Å². The largest absolute Gasteiger partial charge is 0.507 e. The summed E-state index contributed by atoms with van der Waals surface area (Å²) in [5.74, 6) is -0.506. The molecule has 4 rings (SSSR count). The lowest BCUT2D eigenvalue weighted by Gasteiger charge is -2.17. The smallest absolute Gasteiger partial charge is 0.258 e. The maximum Gasteiger partial charge on any atom is 0.258 e. The molecule has 0 aliphatic carbocycles. The Labute approximate surface area is 145 Å². The van der Waals surface area contributed by atoms with E-state index in [9.17, 15) is 15.0 Å². The molecule has 0 saturated heterocycles. The van der Waals surface area contributed by atoms with Crippen LogP contribution in [0.15, 0.2) is 66.7 Å². The molecule has 3 aromatic carbocycles. The van der Waals surface area contributed by atoms with Gasteiger partial charge in [-0.3, -0.25) is 4.79 Å². The number of aromatic hydroxyl groups is 2. The highest BCUT2D eigenvalue weighted by molar-refractivity contribution is 5.99. The third kappa shape index (κ3) is 2.72. The first-order valence-electron chi connectivity index (χ1n) is 8.11. The van der Waals surface area contributed by atoms with Crippen LogP contribution in [-0.4, -0.2) is 21.0 Å². The normalized spacial score (nSPS) is 12.9. The van der Waals surface area contributed by atoms with Gasteiger partial charge in [-0.1, -0.05) is 54.6 Å². The molecule has 1 amide bonds. The summed E-state index contributed by atoms with van der Waals surface area (Å²) in [4.78, 5) is 14.6. The number of amides is 1. The van der Waals surface area contributed by atoms with Gasteiger partial charge in [0.2, 0.25) is 0 Å². The molecular formula is C21H17NO3. The van der Waals surface area contributed by atoms with Crippen LogP contribution in [0, 0.1) is 0 Å². The van der Waals surface area contributed by atoms with E-state index in [0.29, 0.717) is 18.7 Å². The topological polar surface area (TPSA) is 60.8 Å². The lowest BCUT2D eigenvalue weighted by Crippen LogP contribution is -2.25. The van der Waals surface area contributed by atoms with Crippen molar-refractivity contribution in [1.82, 2.24) is 4.90 Å². The number of benzene rings is 3. The van der Waals surface area contributed by atoms with Crippen molar-refractivity contribution in [2.24, 2.45) is 0 Å². The second-order valence-electron chi connectivity index (χ2n) is 6.18. The van der Waals surface area contributed by atoms with Crippen molar-refractivity contribution >= 4 is 5.91 Å². The highest BCUT2D eigenvalue weighted by Gasteiger charge is 2.26. The van der Waals surface area contributed by atoms with E-state index in [1.807, 2.05) is 54.6 Å². The third-order valence-corrected chi connectivity index (χ3v) is 4.56. The molecule has 4 heteroatoms. The average molecular weight is 331 g/mol. The van der Waals surface area contributed by atoms with E-state index in [4.69, 9.17) is 0 Å². The van der Waals surface area contributed by atoms with Gasteiger partial charge in [-0.25, -0.2) is 0 Å². The molecule has 1 aliphatic rings. The maximum absolute atomic E-state index is 12.9. The Balaban J connectivity index is 1.70. The van der Waals surface area contributed by atoms with Gasteiger partial charge in [0, 0.05) is 24.7 Å². The molecule has 0 radical (unpaired) electrons. The average Bonchev–Trinajstić information content (AvgIpc) is 3.06. The van der Waals surface area contributed by atoms with Crippen molar-refractivity contribution in [2.75, 3.05) is 0 Å². The van der Waals surface area contributed by atoms with Crippen molar-refractivity contribution in [1.29, 1.82) is 0 Å². The molecule has 0 aromatic heterocycles. The summed E-state index contributed by atoms with van der Waals surface area (Å²) in [6.45, 7) is 1.05. The molecule has 0 atom stereocenters. The Bertz CT molecular complexity index is 926. The zero-order valence-electron chi connectivity index (χ0n) is 13.5. The first-order valence-corrected chi connectivity index (χ1v) is 8.11. The van der Waals surface area contributed by atoms with E-state index in [1.54, 1.807) is 11.0 Å². The number of rotatable bonds is 2. The second kappa shape index (κ2) is 5.98. The van der Waals surface area contributed by atoms with Crippen molar-refractivity contribution in [3.8, 4) is 22.6 Å². The minimum atomic E-state index is -0.245. The van der Waals surface area contributed by atoms with Gasteiger partial charge < -0.3 is 15.1 Å². The van der Waals surface area contributed by atoms with E-state index < -0.39 is 0 Å². The summed E-state index contributed by atoms with van der Waals surface area (Å²) < 4.78 is 0. The van der Waals surface area contributed by atoms with Crippen molar-refractivity contribution in [2.45, 2.75) is 13.1 Å². The molecule has 0 unspecified atom stereocenters. The Morgan fingerprint density at radius 1 is 0.800 bits per heavy atom. The van der Waals surface area contributed by atoms with Crippen LogP contribution in [0.3, 0.4) is 0 Å². The van der Waals surface area contributed by atoms with E-state index in [0.717, 1.165) is 16.7 Å². The van der Waals surface area contributed by atoms with Gasteiger partial charge in [-0.2, -0.15) is 0 Å². The Morgan fingerprint density at radius 3 is 2.04 bits per heavy atom. The van der Waals surface area contributed by atoms with Gasteiger partial charge in [-0.05, 0) is 22.8 Å². The van der Waals surface area contributed by atoms with E-state index >= 15 is 0 Å². The van der Waals surface area contributed by atoms with Gasteiger partial charge in [-0.15, -0.1) is 0 Å². The van der Waals surface area contributed by atoms with Crippen LogP contribution in [0.2, 0.25) is 0 Å². The standard InChI is InChI=1S/C21H17NO3/c23-19-11-20(24)18(10-17(19)14-6-2-1-3-7-14)21(25)22-12-15-8-4-5-9-16(15)13-22/h1-11,23-24H,12-13H2.